The van der Waals surface area contributed by atoms with Crippen LogP contribution in [0.1, 0.15) is 40.0 Å². The van der Waals surface area contributed by atoms with Crippen molar-refractivity contribution < 1.29 is 14.7 Å². The first-order chi connectivity index (χ1) is 12.0. The topological polar surface area (TPSA) is 58.9 Å². The third-order valence-corrected chi connectivity index (χ3v) is 5.84. The van der Waals surface area contributed by atoms with E-state index in [1.165, 1.54) is 0 Å². The van der Waals surface area contributed by atoms with Crippen molar-refractivity contribution in [2.75, 3.05) is 6.61 Å². The minimum atomic E-state index is -0.170. The van der Waals surface area contributed by atoms with Crippen LogP contribution >= 0.6 is 23.4 Å². The Morgan fingerprint density at radius 3 is 2.88 bits per heavy atom. The number of carbonyl (C=O) groups excluding carboxylic acids is 1. The molecule has 2 unspecified atom stereocenters. The summed E-state index contributed by atoms with van der Waals surface area (Å²) in [6.07, 6.45) is 1.52. The van der Waals surface area contributed by atoms with Gasteiger partial charge in [0.15, 0.2) is 5.78 Å². The molecule has 0 amide bonds. The van der Waals surface area contributed by atoms with Crippen molar-refractivity contribution in [1.29, 1.82) is 0 Å². The zero-order valence-electron chi connectivity index (χ0n) is 14.8. The second-order valence-electron chi connectivity index (χ2n) is 6.04. The summed E-state index contributed by atoms with van der Waals surface area (Å²) in [5.41, 5.74) is 1.16. The maximum absolute atomic E-state index is 12.4. The van der Waals surface area contributed by atoms with E-state index in [-0.39, 0.29) is 22.7 Å². The molecule has 2 atom stereocenters. The molecular weight excluding hydrogens is 358 g/mol. The Balaban J connectivity index is 2.15. The molecular formula is C19H24ClNO3S. The van der Waals surface area contributed by atoms with Gasteiger partial charge >= 0.3 is 0 Å². The van der Waals surface area contributed by atoms with Crippen molar-refractivity contribution >= 4 is 34.9 Å². The lowest BCUT2D eigenvalue weighted by Gasteiger charge is -2.21. The number of benzene rings is 1. The number of halogens is 1. The number of oxime groups is 1. The van der Waals surface area contributed by atoms with Gasteiger partial charge in [-0.15, -0.1) is 11.8 Å². The Kier molecular flexibility index (Phi) is 7.38. The summed E-state index contributed by atoms with van der Waals surface area (Å²) in [7, 11) is 0. The maximum atomic E-state index is 12.4. The van der Waals surface area contributed by atoms with E-state index in [4.69, 9.17) is 16.4 Å². The Hall–Kier alpha value is -1.46. The average molecular weight is 382 g/mol. The van der Waals surface area contributed by atoms with Crippen LogP contribution in [-0.2, 0) is 9.63 Å². The molecule has 0 saturated carbocycles. The molecule has 0 aromatic heterocycles. The fourth-order valence-electron chi connectivity index (χ4n) is 2.91. The number of hydrogen-bond donors (Lipinski definition) is 1. The van der Waals surface area contributed by atoms with Gasteiger partial charge in [-0.25, -0.2) is 0 Å². The highest BCUT2D eigenvalue weighted by Gasteiger charge is 2.37. The minimum Gasteiger partial charge on any atom is -0.512 e. The summed E-state index contributed by atoms with van der Waals surface area (Å²) in [5.74, 6) is 0.0347. The first-order valence-corrected chi connectivity index (χ1v) is 9.74. The van der Waals surface area contributed by atoms with Crippen LogP contribution in [-0.4, -0.2) is 28.5 Å². The summed E-state index contributed by atoms with van der Waals surface area (Å²) >= 11 is 7.71. The van der Waals surface area contributed by atoms with Crippen molar-refractivity contribution in [1.82, 2.24) is 0 Å². The fraction of sp³-hybridized carbons (Fsp3) is 0.474. The molecule has 1 aromatic carbocycles. The third-order valence-electron chi connectivity index (χ3n) is 4.12. The quantitative estimate of drug-likeness (QED) is 0.371. The van der Waals surface area contributed by atoms with E-state index in [0.29, 0.717) is 35.8 Å². The Morgan fingerprint density at radius 2 is 2.24 bits per heavy atom. The van der Waals surface area contributed by atoms with Crippen LogP contribution in [0.5, 0.6) is 0 Å². The SMILES string of the molecule is CCO/N=C(/C)CC1=C(O)C(C(CC)Sc2cccc(Cl)c2)CC1=O. The molecule has 0 heterocycles. The lowest BCUT2D eigenvalue weighted by Crippen LogP contribution is -2.17. The summed E-state index contributed by atoms with van der Waals surface area (Å²) in [6, 6.07) is 7.65. The van der Waals surface area contributed by atoms with E-state index in [0.717, 1.165) is 11.3 Å². The molecule has 1 aliphatic carbocycles. The summed E-state index contributed by atoms with van der Waals surface area (Å²) in [4.78, 5) is 18.4. The third kappa shape index (κ3) is 5.25. The normalized spacial score (nSPS) is 19.4. The van der Waals surface area contributed by atoms with Crippen molar-refractivity contribution in [3.63, 3.8) is 0 Å². The molecule has 0 bridgehead atoms. The van der Waals surface area contributed by atoms with Crippen LogP contribution < -0.4 is 0 Å². The van der Waals surface area contributed by atoms with E-state index >= 15 is 0 Å². The zero-order valence-corrected chi connectivity index (χ0v) is 16.4. The predicted molar refractivity (Wildman–Crippen MR) is 104 cm³/mol. The van der Waals surface area contributed by atoms with Crippen LogP contribution in [0, 0.1) is 5.92 Å². The van der Waals surface area contributed by atoms with E-state index < -0.39 is 0 Å². The number of hydrogen-bond acceptors (Lipinski definition) is 5. The molecule has 4 nitrogen and oxygen atoms in total. The molecule has 0 fully saturated rings. The molecule has 0 aliphatic heterocycles. The molecule has 0 radical (unpaired) electrons. The van der Waals surface area contributed by atoms with Crippen molar-refractivity contribution in [3.05, 3.63) is 40.6 Å². The van der Waals surface area contributed by atoms with E-state index in [2.05, 4.69) is 12.1 Å². The van der Waals surface area contributed by atoms with Gasteiger partial charge in [0.2, 0.25) is 0 Å². The monoisotopic (exact) mass is 381 g/mol. The summed E-state index contributed by atoms with van der Waals surface area (Å²) < 4.78 is 0. The van der Waals surface area contributed by atoms with Crippen molar-refractivity contribution in [2.24, 2.45) is 11.1 Å². The van der Waals surface area contributed by atoms with Gasteiger partial charge in [0.05, 0.1) is 5.71 Å². The molecule has 0 spiro atoms. The standard InChI is InChI=1S/C19H24ClNO3S/c1-4-18(25-14-8-6-7-13(20)10-14)16-11-17(22)15(19(16)23)9-12(3)21-24-5-2/h6-8,10,16,18,23H,4-5,9,11H2,1-3H3/b21-12-. The van der Waals surface area contributed by atoms with Gasteiger partial charge in [0, 0.05) is 39.5 Å². The van der Waals surface area contributed by atoms with Crippen LogP contribution in [0.15, 0.2) is 45.6 Å². The van der Waals surface area contributed by atoms with Crippen LogP contribution in [0.2, 0.25) is 5.02 Å². The molecule has 1 N–H and O–H groups in total. The Labute approximate surface area is 158 Å². The smallest absolute Gasteiger partial charge is 0.163 e. The van der Waals surface area contributed by atoms with Gasteiger partial charge in [-0.2, -0.15) is 0 Å². The largest absolute Gasteiger partial charge is 0.512 e. The van der Waals surface area contributed by atoms with Crippen molar-refractivity contribution in [2.45, 2.75) is 50.2 Å². The van der Waals surface area contributed by atoms with Gasteiger partial charge in [0.1, 0.15) is 12.4 Å². The molecule has 0 saturated heterocycles. The highest BCUT2D eigenvalue weighted by molar-refractivity contribution is 8.00. The van der Waals surface area contributed by atoms with Crippen molar-refractivity contribution in [3.8, 4) is 0 Å². The van der Waals surface area contributed by atoms with Crippen LogP contribution in [0.3, 0.4) is 0 Å². The summed E-state index contributed by atoms with van der Waals surface area (Å²) in [6.45, 7) is 6.20. The number of Topliss-reactive ketones (excluding diaryl/α,β-unsaturated/α-hetero) is 1. The Bertz CT molecular complexity index is 687. The van der Waals surface area contributed by atoms with E-state index in [9.17, 15) is 9.90 Å². The highest BCUT2D eigenvalue weighted by Crippen LogP contribution is 2.41. The molecule has 6 heteroatoms. The maximum Gasteiger partial charge on any atom is 0.163 e. The minimum absolute atomic E-state index is 0.00121. The number of nitrogens with zero attached hydrogens (tertiary/aromatic N) is 1. The van der Waals surface area contributed by atoms with Crippen LogP contribution in [0.4, 0.5) is 0 Å². The predicted octanol–water partition coefficient (Wildman–Crippen LogP) is 5.41. The first-order valence-electron chi connectivity index (χ1n) is 8.49. The molecule has 1 aliphatic rings. The number of aliphatic hydroxyl groups is 1. The van der Waals surface area contributed by atoms with E-state index in [1.54, 1.807) is 18.7 Å². The number of rotatable bonds is 8. The average Bonchev–Trinajstić information content (AvgIpc) is 2.86. The van der Waals surface area contributed by atoms with Gasteiger partial charge in [-0.05, 0) is 38.5 Å². The number of allylic oxidation sites excluding steroid dienone is 2. The second kappa shape index (κ2) is 9.30. The van der Waals surface area contributed by atoms with E-state index in [1.807, 2.05) is 31.2 Å². The fourth-order valence-corrected chi connectivity index (χ4v) is 4.42. The number of ketones is 1. The molecule has 2 rings (SSSR count). The number of carbonyl (C=O) groups is 1. The second-order valence-corrected chi connectivity index (χ2v) is 7.79. The molecule has 1 aromatic rings. The molecule has 25 heavy (non-hydrogen) atoms. The first kappa shape index (κ1) is 19.9. The van der Waals surface area contributed by atoms with Gasteiger partial charge < -0.3 is 9.94 Å². The van der Waals surface area contributed by atoms with Gasteiger partial charge in [-0.3, -0.25) is 4.79 Å². The van der Waals surface area contributed by atoms with Gasteiger partial charge in [0.25, 0.3) is 0 Å². The van der Waals surface area contributed by atoms with Crippen LogP contribution in [0.25, 0.3) is 0 Å². The number of aliphatic hydroxyl groups excluding tert-OH is 1. The Morgan fingerprint density at radius 1 is 1.48 bits per heavy atom. The van der Waals surface area contributed by atoms with Gasteiger partial charge in [-0.1, -0.05) is 29.7 Å². The highest BCUT2D eigenvalue weighted by atomic mass is 35.5. The lowest BCUT2D eigenvalue weighted by molar-refractivity contribution is -0.115. The zero-order chi connectivity index (χ0) is 18.4. The molecule has 136 valence electrons. The number of thioether (sulfide) groups is 1. The lowest BCUT2D eigenvalue weighted by atomic mass is 10.0. The summed E-state index contributed by atoms with van der Waals surface area (Å²) in [5, 5.41) is 15.4.